The molecule has 3 aromatic carbocycles. The SMILES string of the molecule is CCOc1ccc(NS(=O)(=O)c2ccc(OCC(=O)N(C)c3ccc(OC)cc3)c(C)c2)cc1. The summed E-state index contributed by atoms with van der Waals surface area (Å²) in [5.74, 6) is 1.54. The lowest BCUT2D eigenvalue weighted by Gasteiger charge is -2.18. The monoisotopic (exact) mass is 484 g/mol. The summed E-state index contributed by atoms with van der Waals surface area (Å²) in [4.78, 5) is 14.1. The fourth-order valence-electron chi connectivity index (χ4n) is 3.14. The van der Waals surface area contributed by atoms with Gasteiger partial charge in [0.1, 0.15) is 17.2 Å². The molecule has 0 spiro atoms. The third-order valence-electron chi connectivity index (χ3n) is 5.06. The van der Waals surface area contributed by atoms with E-state index in [-0.39, 0.29) is 17.4 Å². The lowest BCUT2D eigenvalue weighted by Crippen LogP contribution is -2.31. The third kappa shape index (κ3) is 6.20. The molecule has 0 unspecified atom stereocenters. The molecular formula is C25H28N2O6S. The van der Waals surface area contributed by atoms with Crippen LogP contribution in [0.25, 0.3) is 0 Å². The Balaban J connectivity index is 1.63. The van der Waals surface area contributed by atoms with Crippen LogP contribution < -0.4 is 23.8 Å². The van der Waals surface area contributed by atoms with Crippen molar-refractivity contribution < 1.29 is 27.4 Å². The molecule has 1 amide bonds. The summed E-state index contributed by atoms with van der Waals surface area (Å²) in [5.41, 5.74) is 1.72. The Bertz CT molecular complexity index is 1230. The van der Waals surface area contributed by atoms with Gasteiger partial charge in [0, 0.05) is 18.4 Å². The fourth-order valence-corrected chi connectivity index (χ4v) is 4.28. The van der Waals surface area contributed by atoms with E-state index < -0.39 is 10.0 Å². The van der Waals surface area contributed by atoms with Gasteiger partial charge >= 0.3 is 0 Å². The molecule has 0 aliphatic heterocycles. The highest BCUT2D eigenvalue weighted by molar-refractivity contribution is 7.92. The molecule has 34 heavy (non-hydrogen) atoms. The van der Waals surface area contributed by atoms with E-state index >= 15 is 0 Å². The number of sulfonamides is 1. The lowest BCUT2D eigenvalue weighted by molar-refractivity contribution is -0.120. The number of anilines is 2. The van der Waals surface area contributed by atoms with E-state index in [9.17, 15) is 13.2 Å². The molecule has 0 heterocycles. The number of nitrogens with zero attached hydrogens (tertiary/aromatic N) is 1. The van der Waals surface area contributed by atoms with Crippen molar-refractivity contribution >= 4 is 27.3 Å². The molecule has 0 saturated heterocycles. The molecule has 9 heteroatoms. The first-order chi connectivity index (χ1) is 16.2. The number of aryl methyl sites for hydroxylation is 1. The Labute approximate surface area is 200 Å². The molecule has 0 fully saturated rings. The van der Waals surface area contributed by atoms with Crippen LogP contribution in [0.3, 0.4) is 0 Å². The van der Waals surface area contributed by atoms with Gasteiger partial charge < -0.3 is 19.1 Å². The number of methoxy groups -OCH3 is 1. The van der Waals surface area contributed by atoms with Gasteiger partial charge in [-0.1, -0.05) is 0 Å². The topological polar surface area (TPSA) is 94.2 Å². The van der Waals surface area contributed by atoms with Crippen LogP contribution in [0.2, 0.25) is 0 Å². The van der Waals surface area contributed by atoms with E-state index in [1.807, 2.05) is 6.92 Å². The second kappa shape index (κ2) is 10.9. The maximum absolute atomic E-state index is 12.8. The van der Waals surface area contributed by atoms with Crippen molar-refractivity contribution in [2.75, 3.05) is 37.0 Å². The minimum absolute atomic E-state index is 0.0907. The third-order valence-corrected chi connectivity index (χ3v) is 6.44. The van der Waals surface area contributed by atoms with Crippen LogP contribution in [0.1, 0.15) is 12.5 Å². The van der Waals surface area contributed by atoms with E-state index in [1.165, 1.54) is 17.0 Å². The van der Waals surface area contributed by atoms with Crippen LogP contribution in [-0.2, 0) is 14.8 Å². The molecule has 0 aromatic heterocycles. The number of carbonyl (C=O) groups excluding carboxylic acids is 1. The molecule has 0 atom stereocenters. The maximum Gasteiger partial charge on any atom is 0.264 e. The van der Waals surface area contributed by atoms with Crippen molar-refractivity contribution in [1.29, 1.82) is 0 Å². The maximum atomic E-state index is 12.8. The molecule has 0 radical (unpaired) electrons. The first-order valence-corrected chi connectivity index (χ1v) is 12.1. The predicted molar refractivity (Wildman–Crippen MR) is 131 cm³/mol. The zero-order chi connectivity index (χ0) is 24.7. The summed E-state index contributed by atoms with van der Waals surface area (Å²) in [6.07, 6.45) is 0. The highest BCUT2D eigenvalue weighted by Crippen LogP contribution is 2.25. The van der Waals surface area contributed by atoms with Crippen LogP contribution in [0.5, 0.6) is 17.2 Å². The molecule has 0 aliphatic rings. The Kier molecular flexibility index (Phi) is 8.01. The zero-order valence-electron chi connectivity index (χ0n) is 19.6. The molecule has 0 bridgehead atoms. The minimum Gasteiger partial charge on any atom is -0.497 e. The first kappa shape index (κ1) is 24.9. The Morgan fingerprint density at radius 1 is 0.941 bits per heavy atom. The van der Waals surface area contributed by atoms with Crippen LogP contribution in [0.15, 0.2) is 71.6 Å². The van der Waals surface area contributed by atoms with Crippen molar-refractivity contribution in [2.24, 2.45) is 0 Å². The van der Waals surface area contributed by atoms with Crippen LogP contribution in [0, 0.1) is 6.92 Å². The minimum atomic E-state index is -3.80. The second-order valence-corrected chi connectivity index (χ2v) is 9.11. The van der Waals surface area contributed by atoms with Gasteiger partial charge in [-0.25, -0.2) is 8.42 Å². The highest BCUT2D eigenvalue weighted by atomic mass is 32.2. The van der Waals surface area contributed by atoms with E-state index in [4.69, 9.17) is 14.2 Å². The Hall–Kier alpha value is -3.72. The standard InChI is InChI=1S/C25H28N2O6S/c1-5-32-22-10-6-19(7-11-22)26-34(29,30)23-14-15-24(18(2)16-23)33-17-25(28)27(3)20-8-12-21(31-4)13-9-20/h6-16,26H,5,17H2,1-4H3. The van der Waals surface area contributed by atoms with E-state index in [0.717, 1.165) is 0 Å². The summed E-state index contributed by atoms with van der Waals surface area (Å²) in [7, 11) is -0.565. The van der Waals surface area contributed by atoms with Crippen molar-refractivity contribution in [2.45, 2.75) is 18.7 Å². The zero-order valence-corrected chi connectivity index (χ0v) is 20.4. The number of hydrogen-bond acceptors (Lipinski definition) is 6. The van der Waals surface area contributed by atoms with E-state index in [0.29, 0.717) is 40.8 Å². The van der Waals surface area contributed by atoms with E-state index in [2.05, 4.69) is 4.72 Å². The van der Waals surface area contributed by atoms with Gasteiger partial charge in [-0.15, -0.1) is 0 Å². The summed E-state index contributed by atoms with van der Waals surface area (Å²) in [6, 6.07) is 18.2. The summed E-state index contributed by atoms with van der Waals surface area (Å²) in [5, 5.41) is 0. The lowest BCUT2D eigenvalue weighted by atomic mass is 10.2. The van der Waals surface area contributed by atoms with Gasteiger partial charge in [0.05, 0.1) is 18.6 Å². The number of nitrogens with one attached hydrogen (secondary N) is 1. The molecule has 1 N–H and O–H groups in total. The Morgan fingerprint density at radius 2 is 1.59 bits per heavy atom. The average Bonchev–Trinajstić information content (AvgIpc) is 2.84. The van der Waals surface area contributed by atoms with Gasteiger partial charge in [0.2, 0.25) is 0 Å². The summed E-state index contributed by atoms with van der Waals surface area (Å²) >= 11 is 0. The quantitative estimate of drug-likeness (QED) is 0.463. The highest BCUT2D eigenvalue weighted by Gasteiger charge is 2.17. The number of hydrogen-bond donors (Lipinski definition) is 1. The molecule has 3 rings (SSSR count). The molecule has 0 saturated carbocycles. The van der Waals surface area contributed by atoms with Gasteiger partial charge in [-0.2, -0.15) is 0 Å². The van der Waals surface area contributed by atoms with Crippen molar-refractivity contribution in [3.8, 4) is 17.2 Å². The normalized spacial score (nSPS) is 10.9. The fraction of sp³-hybridized carbons (Fsp3) is 0.240. The van der Waals surface area contributed by atoms with Crippen molar-refractivity contribution in [3.05, 3.63) is 72.3 Å². The largest absolute Gasteiger partial charge is 0.497 e. The number of likely N-dealkylation sites (N-methyl/N-ethyl adjacent to an activating group) is 1. The second-order valence-electron chi connectivity index (χ2n) is 7.43. The van der Waals surface area contributed by atoms with Gasteiger partial charge in [0.15, 0.2) is 6.61 Å². The number of amides is 1. The van der Waals surface area contributed by atoms with Crippen LogP contribution in [-0.4, -0.2) is 41.7 Å². The number of benzene rings is 3. The molecular weight excluding hydrogens is 456 g/mol. The van der Waals surface area contributed by atoms with Crippen LogP contribution >= 0.6 is 0 Å². The summed E-state index contributed by atoms with van der Waals surface area (Å²) in [6.45, 7) is 3.94. The van der Waals surface area contributed by atoms with Gasteiger partial charge in [0.25, 0.3) is 15.9 Å². The van der Waals surface area contributed by atoms with Crippen LogP contribution in [0.4, 0.5) is 11.4 Å². The van der Waals surface area contributed by atoms with Gasteiger partial charge in [-0.05, 0) is 86.1 Å². The molecule has 3 aromatic rings. The molecule has 0 aliphatic carbocycles. The van der Waals surface area contributed by atoms with Crippen molar-refractivity contribution in [1.82, 2.24) is 0 Å². The number of carbonyl (C=O) groups is 1. The number of rotatable bonds is 10. The average molecular weight is 485 g/mol. The Morgan fingerprint density at radius 3 is 2.18 bits per heavy atom. The number of ether oxygens (including phenoxy) is 3. The van der Waals surface area contributed by atoms with E-state index in [1.54, 1.807) is 75.7 Å². The molecule has 180 valence electrons. The summed E-state index contributed by atoms with van der Waals surface area (Å²) < 4.78 is 44.3. The van der Waals surface area contributed by atoms with Crippen molar-refractivity contribution in [3.63, 3.8) is 0 Å². The predicted octanol–water partition coefficient (Wildman–Crippen LogP) is 4.24. The first-order valence-electron chi connectivity index (χ1n) is 10.6. The smallest absolute Gasteiger partial charge is 0.264 e. The van der Waals surface area contributed by atoms with Gasteiger partial charge in [-0.3, -0.25) is 9.52 Å². The molecule has 8 nitrogen and oxygen atoms in total.